The summed E-state index contributed by atoms with van der Waals surface area (Å²) in [7, 11) is 1.62. The number of carbonyl (C=O) groups is 3. The van der Waals surface area contributed by atoms with Gasteiger partial charge in [-0.25, -0.2) is 19.6 Å². The minimum absolute atomic E-state index is 0.107. The van der Waals surface area contributed by atoms with E-state index in [1.54, 1.807) is 20.9 Å². The van der Waals surface area contributed by atoms with Crippen molar-refractivity contribution in [2.24, 2.45) is 4.99 Å². The summed E-state index contributed by atoms with van der Waals surface area (Å²) >= 11 is 0. The number of benzene rings is 2. The van der Waals surface area contributed by atoms with E-state index in [4.69, 9.17) is 19.1 Å². The Hall–Kier alpha value is -4.57. The average Bonchev–Trinajstić information content (AvgIpc) is 3.77. The quantitative estimate of drug-likeness (QED) is 0.237. The van der Waals surface area contributed by atoms with Gasteiger partial charge in [0.2, 0.25) is 6.08 Å². The van der Waals surface area contributed by atoms with Crippen LogP contribution in [0.5, 0.6) is 0 Å². The van der Waals surface area contributed by atoms with Crippen LogP contribution in [0.3, 0.4) is 0 Å². The highest BCUT2D eigenvalue weighted by Gasteiger charge is 2.51. The molecule has 11 nitrogen and oxygen atoms in total. The molecule has 2 amide bonds. The molecular weight excluding hydrogens is 662 g/mol. The van der Waals surface area contributed by atoms with Crippen LogP contribution in [0, 0.1) is 27.7 Å². The third-order valence-corrected chi connectivity index (χ3v) is 10.0. The number of rotatable bonds is 5. The Morgan fingerprint density at radius 3 is 1.90 bits per heavy atom. The van der Waals surface area contributed by atoms with Crippen molar-refractivity contribution in [1.29, 1.82) is 0 Å². The molecule has 52 heavy (non-hydrogen) atoms. The van der Waals surface area contributed by atoms with Crippen molar-refractivity contribution in [2.75, 3.05) is 20.1 Å². The summed E-state index contributed by atoms with van der Waals surface area (Å²) in [6.07, 6.45) is 7.32. The second kappa shape index (κ2) is 17.3. The fourth-order valence-corrected chi connectivity index (χ4v) is 7.55. The molecule has 2 aromatic rings. The van der Waals surface area contributed by atoms with Gasteiger partial charge in [-0.1, -0.05) is 47.5 Å². The number of hydroxylamine groups is 2. The summed E-state index contributed by atoms with van der Waals surface area (Å²) in [5, 5.41) is 14.7. The molecule has 0 saturated heterocycles. The van der Waals surface area contributed by atoms with E-state index in [9.17, 15) is 19.5 Å². The Bertz CT molecular complexity index is 1780. The predicted octanol–water partition coefficient (Wildman–Crippen LogP) is 7.69. The van der Waals surface area contributed by atoms with Gasteiger partial charge in [-0.05, 0) is 122 Å². The summed E-state index contributed by atoms with van der Waals surface area (Å²) in [6, 6.07) is 11.9. The number of hydrogen-bond acceptors (Lipinski definition) is 9. The SMILES string of the molecule is CCN=C=O.CCNC(=O)OC1=C(c2ccc(C)cc2C)C(=O)C(C)OC12CCCC2.Cc1ccc(C2=C(O)C3(CCCC3)ON(C)C2=O)c(C)c1. The number of isocyanates is 1. The van der Waals surface area contributed by atoms with Crippen LogP contribution >= 0.6 is 0 Å². The maximum Gasteiger partial charge on any atom is 0.412 e. The van der Waals surface area contributed by atoms with Gasteiger partial charge in [-0.15, -0.1) is 0 Å². The molecule has 0 aromatic heterocycles. The lowest BCUT2D eigenvalue weighted by Gasteiger charge is -2.39. The minimum Gasteiger partial charge on any atom is -0.508 e. The van der Waals surface area contributed by atoms with Crippen LogP contribution in [0.25, 0.3) is 11.1 Å². The highest BCUT2D eigenvalue weighted by molar-refractivity contribution is 6.25. The maximum absolute atomic E-state index is 13.1. The second-order valence-corrected chi connectivity index (χ2v) is 14.0. The molecule has 11 heteroatoms. The molecule has 2 saturated carbocycles. The summed E-state index contributed by atoms with van der Waals surface area (Å²) in [6.45, 7) is 14.4. The number of ketones is 1. The van der Waals surface area contributed by atoms with Gasteiger partial charge in [0.05, 0.1) is 11.1 Å². The molecule has 0 radical (unpaired) electrons. The van der Waals surface area contributed by atoms with Crippen molar-refractivity contribution in [3.05, 3.63) is 81.3 Å². The Kier molecular flexibility index (Phi) is 13.4. The van der Waals surface area contributed by atoms with Crippen LogP contribution in [0.1, 0.15) is 106 Å². The van der Waals surface area contributed by atoms with Gasteiger partial charge >= 0.3 is 6.09 Å². The number of Topliss-reactive ketones (excluding diaryl/α,β-unsaturated/α-hetero) is 1. The van der Waals surface area contributed by atoms with E-state index >= 15 is 0 Å². The van der Waals surface area contributed by atoms with Gasteiger partial charge < -0.3 is 19.9 Å². The Balaban J connectivity index is 0.000000209. The van der Waals surface area contributed by atoms with Gasteiger partial charge in [-0.2, -0.15) is 0 Å². The zero-order valence-electron chi connectivity index (χ0n) is 31.8. The Morgan fingerprint density at radius 2 is 1.44 bits per heavy atom. The molecule has 2 N–H and O–H groups in total. The number of carbonyl (C=O) groups excluding carboxylic acids is 4. The molecule has 0 bridgehead atoms. The second-order valence-electron chi connectivity index (χ2n) is 14.0. The first kappa shape index (κ1) is 40.2. The lowest BCUT2D eigenvalue weighted by atomic mass is 9.84. The number of amides is 2. The molecule has 2 aromatic carbocycles. The van der Waals surface area contributed by atoms with Crippen LogP contribution in [0.2, 0.25) is 0 Å². The zero-order chi connectivity index (χ0) is 38.2. The van der Waals surface area contributed by atoms with E-state index in [0.29, 0.717) is 30.0 Å². The van der Waals surface area contributed by atoms with Gasteiger partial charge in [0, 0.05) is 20.1 Å². The number of aliphatic imine (C=N–C) groups is 1. The van der Waals surface area contributed by atoms with Gasteiger partial charge in [0.25, 0.3) is 5.91 Å². The molecule has 2 fully saturated rings. The first-order valence-electron chi connectivity index (χ1n) is 18.3. The minimum atomic E-state index is -0.713. The zero-order valence-corrected chi connectivity index (χ0v) is 31.8. The van der Waals surface area contributed by atoms with Crippen LogP contribution in [0.4, 0.5) is 4.79 Å². The monoisotopic (exact) mass is 715 g/mol. The van der Waals surface area contributed by atoms with E-state index in [-0.39, 0.29) is 17.4 Å². The number of aliphatic hydroxyl groups is 1. The number of likely N-dealkylation sites (N-methyl/N-ethyl adjacent to an activating group) is 1. The number of nitrogens with one attached hydrogen (secondary N) is 1. The van der Waals surface area contributed by atoms with E-state index in [2.05, 4.69) is 10.3 Å². The number of aryl methyl sites for hydroxylation is 4. The van der Waals surface area contributed by atoms with Gasteiger partial charge in [0.15, 0.2) is 17.1 Å². The van der Waals surface area contributed by atoms with E-state index in [1.165, 1.54) is 11.1 Å². The summed E-state index contributed by atoms with van der Waals surface area (Å²) in [4.78, 5) is 55.8. The fraction of sp³-hybridized carbons (Fsp3) is 0.512. The molecular formula is C41H53N3O8. The lowest BCUT2D eigenvalue weighted by Crippen LogP contribution is -2.47. The van der Waals surface area contributed by atoms with Crippen LogP contribution in [0.15, 0.2) is 52.9 Å². The third-order valence-electron chi connectivity index (χ3n) is 10.0. The normalized spacial score (nSPS) is 20.2. The number of ether oxygens (including phenoxy) is 2. The van der Waals surface area contributed by atoms with E-state index in [1.807, 2.05) is 71.0 Å². The van der Waals surface area contributed by atoms with Crippen LogP contribution in [-0.2, 0) is 28.7 Å². The van der Waals surface area contributed by atoms with Crippen LogP contribution < -0.4 is 5.32 Å². The van der Waals surface area contributed by atoms with Gasteiger partial charge in [-0.3, -0.25) is 14.4 Å². The summed E-state index contributed by atoms with van der Waals surface area (Å²) < 4.78 is 11.9. The van der Waals surface area contributed by atoms with Crippen molar-refractivity contribution in [2.45, 2.75) is 117 Å². The van der Waals surface area contributed by atoms with Crippen molar-refractivity contribution in [3.63, 3.8) is 0 Å². The number of hydrogen-bond donors (Lipinski definition) is 2. The maximum atomic E-state index is 13.1. The van der Waals surface area contributed by atoms with Crippen molar-refractivity contribution < 1.29 is 38.6 Å². The lowest BCUT2D eigenvalue weighted by molar-refractivity contribution is -0.227. The molecule has 6 rings (SSSR count). The average molecular weight is 716 g/mol. The molecule has 1 unspecified atom stereocenters. The number of aliphatic hydroxyl groups excluding tert-OH is 1. The van der Waals surface area contributed by atoms with Crippen molar-refractivity contribution in [3.8, 4) is 0 Å². The molecule has 280 valence electrons. The Morgan fingerprint density at radius 1 is 0.923 bits per heavy atom. The van der Waals surface area contributed by atoms with Crippen LogP contribution in [-0.4, -0.2) is 71.5 Å². The van der Waals surface area contributed by atoms with Crippen molar-refractivity contribution >= 4 is 35.0 Å². The highest BCUT2D eigenvalue weighted by Crippen LogP contribution is 2.48. The number of alkyl carbamates (subject to hydrolysis) is 1. The summed E-state index contributed by atoms with van der Waals surface area (Å²) in [5.41, 5.74) is 5.35. The molecule has 2 aliphatic heterocycles. The predicted molar refractivity (Wildman–Crippen MR) is 199 cm³/mol. The Labute approximate surface area is 307 Å². The molecule has 2 spiro atoms. The smallest absolute Gasteiger partial charge is 0.412 e. The largest absolute Gasteiger partial charge is 0.508 e. The fourth-order valence-electron chi connectivity index (χ4n) is 7.55. The highest BCUT2D eigenvalue weighted by atomic mass is 16.7. The van der Waals surface area contributed by atoms with Crippen molar-refractivity contribution in [1.82, 2.24) is 10.4 Å². The number of nitrogens with zero attached hydrogens (tertiary/aromatic N) is 2. The topological polar surface area (TPSA) is 144 Å². The first-order valence-corrected chi connectivity index (χ1v) is 18.3. The first-order chi connectivity index (χ1) is 24.7. The standard InChI is InChI=1S/C21H27NO4.C17H21NO3.C3H5NO/c1-5-22-20(24)25-19-17(16-9-8-13(2)12-14(16)3)18(23)15(4)26-21(19)10-6-7-11-21;1-11-6-7-13(12(2)10-11)14-15(19)17(8-4-5-9-17)21-18(3)16(14)20;1-2-4-3-5/h8-9,12,15H,5-7,10-11H2,1-4H3,(H,22,24);6-7,10,19H,4-5,8-9H2,1-3H3;2H2,1H3. The molecule has 4 aliphatic rings. The van der Waals surface area contributed by atoms with Gasteiger partial charge in [0.1, 0.15) is 17.5 Å². The van der Waals surface area contributed by atoms with E-state index < -0.39 is 23.4 Å². The summed E-state index contributed by atoms with van der Waals surface area (Å²) in [5.74, 6) is 0.0804. The molecule has 1 atom stereocenters. The van der Waals surface area contributed by atoms with E-state index in [0.717, 1.165) is 84.7 Å². The third kappa shape index (κ3) is 8.55. The molecule has 2 heterocycles. The molecule has 2 aliphatic carbocycles.